The number of aromatic amines is 1. The molecule has 3 aromatic heterocycles. The molecule has 5 rings (SSSR count). The highest BCUT2D eigenvalue weighted by atomic mass is 32.1. The van der Waals surface area contributed by atoms with E-state index in [2.05, 4.69) is 27.9 Å². The summed E-state index contributed by atoms with van der Waals surface area (Å²) in [4.78, 5) is 21.2. The zero-order valence-electron chi connectivity index (χ0n) is 15.4. The largest absolute Gasteiger partial charge is 0.358 e. The van der Waals surface area contributed by atoms with Crippen molar-refractivity contribution >= 4 is 39.5 Å². The number of hydrogen-bond donors (Lipinski definition) is 1. The number of thiophene rings is 2. The van der Waals surface area contributed by atoms with Gasteiger partial charge in [-0.15, -0.1) is 22.7 Å². The molecule has 1 unspecified atom stereocenters. The molecule has 1 atom stereocenters. The molecule has 0 saturated carbocycles. The summed E-state index contributed by atoms with van der Waals surface area (Å²) in [6.45, 7) is 2.66. The monoisotopic (exact) mass is 410 g/mol. The Morgan fingerprint density at radius 3 is 2.96 bits per heavy atom. The fourth-order valence-electron chi connectivity index (χ4n) is 4.17. The average Bonchev–Trinajstić information content (AvgIpc) is 3.42. The van der Waals surface area contributed by atoms with Crippen LogP contribution in [0.1, 0.15) is 32.6 Å². The Kier molecular flexibility index (Phi) is 4.33. The number of H-pyrrole nitrogens is 1. The third-order valence-electron chi connectivity index (χ3n) is 5.51. The molecule has 6 heteroatoms. The highest BCUT2D eigenvalue weighted by Crippen LogP contribution is 2.40. The summed E-state index contributed by atoms with van der Waals surface area (Å²) in [7, 11) is 0. The molecular formula is C22H19FN2OS2. The lowest BCUT2D eigenvalue weighted by Crippen LogP contribution is -2.40. The van der Waals surface area contributed by atoms with E-state index in [1.165, 1.54) is 27.5 Å². The lowest BCUT2D eigenvalue weighted by molar-refractivity contribution is -0.132. The van der Waals surface area contributed by atoms with E-state index in [1.807, 2.05) is 17.9 Å². The molecular weight excluding hydrogens is 391 g/mol. The second-order valence-electron chi connectivity index (χ2n) is 7.15. The smallest absolute Gasteiger partial charge is 0.227 e. The van der Waals surface area contributed by atoms with E-state index in [1.54, 1.807) is 28.7 Å². The topological polar surface area (TPSA) is 36.1 Å². The van der Waals surface area contributed by atoms with Crippen molar-refractivity contribution < 1.29 is 9.18 Å². The summed E-state index contributed by atoms with van der Waals surface area (Å²) >= 11 is 3.46. The number of benzene rings is 1. The minimum Gasteiger partial charge on any atom is -0.358 e. The van der Waals surface area contributed by atoms with Gasteiger partial charge in [0.15, 0.2) is 0 Å². The van der Waals surface area contributed by atoms with E-state index < -0.39 is 0 Å². The number of aromatic nitrogens is 1. The molecule has 0 saturated heterocycles. The van der Waals surface area contributed by atoms with Gasteiger partial charge in [0.05, 0.1) is 12.5 Å². The molecule has 1 N–H and O–H groups in total. The van der Waals surface area contributed by atoms with Crippen LogP contribution in [-0.2, 0) is 17.6 Å². The number of aryl methyl sites for hydroxylation is 1. The summed E-state index contributed by atoms with van der Waals surface area (Å²) in [6, 6.07) is 11.0. The van der Waals surface area contributed by atoms with Crippen molar-refractivity contribution in [1.82, 2.24) is 9.88 Å². The molecule has 0 spiro atoms. The van der Waals surface area contributed by atoms with Crippen molar-refractivity contribution in [2.24, 2.45) is 0 Å². The van der Waals surface area contributed by atoms with Crippen LogP contribution in [0.25, 0.3) is 10.9 Å². The van der Waals surface area contributed by atoms with Crippen LogP contribution in [0.15, 0.2) is 47.2 Å². The normalized spacial score (nSPS) is 16.5. The predicted octanol–water partition coefficient (Wildman–Crippen LogP) is 5.46. The maximum Gasteiger partial charge on any atom is 0.227 e. The molecule has 142 valence electrons. The zero-order chi connectivity index (χ0) is 19.3. The number of nitrogens with zero attached hydrogens (tertiary/aromatic N) is 1. The number of halogens is 1. The molecule has 1 amide bonds. The first-order chi connectivity index (χ1) is 13.6. The molecule has 0 radical (unpaired) electrons. The molecule has 0 bridgehead atoms. The fourth-order valence-corrected chi connectivity index (χ4v) is 5.93. The van der Waals surface area contributed by atoms with Crippen LogP contribution in [0.5, 0.6) is 0 Å². The molecule has 1 aromatic carbocycles. The van der Waals surface area contributed by atoms with Crippen molar-refractivity contribution in [1.29, 1.82) is 0 Å². The Hall–Kier alpha value is -2.44. The standard InChI is InChI=1S/C22H19FN2OS2/c1-13-16(17-11-14(23)4-5-18(17)24-13)12-21(26)25-8-6-19-15(7-10-28-19)22(25)20-3-2-9-27-20/h2-5,7,9-11,22,24H,6,8,12H2,1H3. The van der Waals surface area contributed by atoms with Crippen molar-refractivity contribution in [3.8, 4) is 0 Å². The maximum atomic E-state index is 13.8. The summed E-state index contributed by atoms with van der Waals surface area (Å²) in [5.41, 5.74) is 3.93. The van der Waals surface area contributed by atoms with Crippen LogP contribution in [0, 0.1) is 12.7 Å². The van der Waals surface area contributed by atoms with Crippen LogP contribution >= 0.6 is 22.7 Å². The molecule has 0 fully saturated rings. The summed E-state index contributed by atoms with van der Waals surface area (Å²) in [5, 5.41) is 4.98. The maximum absolute atomic E-state index is 13.8. The quantitative estimate of drug-likeness (QED) is 0.479. The molecule has 28 heavy (non-hydrogen) atoms. The van der Waals surface area contributed by atoms with Gasteiger partial charge >= 0.3 is 0 Å². The minimum absolute atomic E-state index is 0.0234. The Labute approximate surface area is 170 Å². The summed E-state index contributed by atoms with van der Waals surface area (Å²) in [5.74, 6) is -0.193. The minimum atomic E-state index is -0.280. The van der Waals surface area contributed by atoms with E-state index >= 15 is 0 Å². The highest BCUT2D eigenvalue weighted by Gasteiger charge is 2.33. The van der Waals surface area contributed by atoms with E-state index in [0.29, 0.717) is 6.54 Å². The Bertz CT molecular complexity index is 1160. The van der Waals surface area contributed by atoms with Crippen LogP contribution < -0.4 is 0 Å². The first kappa shape index (κ1) is 17.6. The highest BCUT2D eigenvalue weighted by molar-refractivity contribution is 7.10. The van der Waals surface area contributed by atoms with Crippen molar-refractivity contribution in [2.75, 3.05) is 6.54 Å². The summed E-state index contributed by atoms with van der Waals surface area (Å²) in [6.07, 6.45) is 1.17. The van der Waals surface area contributed by atoms with Gasteiger partial charge < -0.3 is 9.88 Å². The molecule has 4 heterocycles. The third-order valence-corrected chi connectivity index (χ3v) is 7.43. The van der Waals surface area contributed by atoms with Gasteiger partial charge in [-0.25, -0.2) is 4.39 Å². The number of fused-ring (bicyclic) bond motifs is 2. The van der Waals surface area contributed by atoms with Gasteiger partial charge in [-0.3, -0.25) is 4.79 Å². The van der Waals surface area contributed by atoms with E-state index in [4.69, 9.17) is 0 Å². The van der Waals surface area contributed by atoms with Gasteiger partial charge in [-0.2, -0.15) is 0 Å². The van der Waals surface area contributed by atoms with Crippen LogP contribution in [0.3, 0.4) is 0 Å². The number of nitrogens with one attached hydrogen (secondary N) is 1. The Morgan fingerprint density at radius 1 is 1.25 bits per heavy atom. The van der Waals surface area contributed by atoms with Crippen LogP contribution in [0.4, 0.5) is 4.39 Å². The summed E-state index contributed by atoms with van der Waals surface area (Å²) < 4.78 is 13.8. The number of carbonyl (C=O) groups is 1. The first-order valence-corrected chi connectivity index (χ1v) is 11.0. The fraction of sp³-hybridized carbons (Fsp3) is 0.227. The van der Waals surface area contributed by atoms with Crippen LogP contribution in [-0.4, -0.2) is 22.3 Å². The second-order valence-corrected chi connectivity index (χ2v) is 9.13. The van der Waals surface area contributed by atoms with Gasteiger partial charge in [0.25, 0.3) is 0 Å². The van der Waals surface area contributed by atoms with Crippen LogP contribution in [0.2, 0.25) is 0 Å². The number of rotatable bonds is 3. The average molecular weight is 411 g/mol. The van der Waals surface area contributed by atoms with E-state index in [0.717, 1.165) is 28.6 Å². The first-order valence-electron chi connectivity index (χ1n) is 9.27. The van der Waals surface area contributed by atoms with Gasteiger partial charge in [0.2, 0.25) is 5.91 Å². The number of carbonyl (C=O) groups excluding carboxylic acids is 1. The van der Waals surface area contributed by atoms with Crippen molar-refractivity contribution in [3.05, 3.63) is 79.6 Å². The lowest BCUT2D eigenvalue weighted by Gasteiger charge is -2.35. The predicted molar refractivity (Wildman–Crippen MR) is 113 cm³/mol. The SMILES string of the molecule is Cc1[nH]c2ccc(F)cc2c1CC(=O)N1CCc2sccc2C1c1cccs1. The van der Waals surface area contributed by atoms with E-state index in [9.17, 15) is 9.18 Å². The lowest BCUT2D eigenvalue weighted by atomic mass is 9.97. The number of hydrogen-bond acceptors (Lipinski definition) is 3. The Morgan fingerprint density at radius 2 is 2.14 bits per heavy atom. The second kappa shape index (κ2) is 6.87. The van der Waals surface area contributed by atoms with Gasteiger partial charge in [-0.1, -0.05) is 6.07 Å². The molecule has 0 aliphatic carbocycles. The van der Waals surface area contributed by atoms with Crippen molar-refractivity contribution in [2.45, 2.75) is 25.8 Å². The van der Waals surface area contributed by atoms with Gasteiger partial charge in [-0.05, 0) is 65.6 Å². The number of amides is 1. The molecule has 1 aliphatic rings. The third kappa shape index (κ3) is 2.88. The molecule has 3 nitrogen and oxygen atoms in total. The molecule has 1 aliphatic heterocycles. The molecule has 4 aromatic rings. The Balaban J connectivity index is 1.52. The van der Waals surface area contributed by atoms with Gasteiger partial charge in [0.1, 0.15) is 5.82 Å². The van der Waals surface area contributed by atoms with E-state index in [-0.39, 0.29) is 24.2 Å². The van der Waals surface area contributed by atoms with Crippen molar-refractivity contribution in [3.63, 3.8) is 0 Å². The van der Waals surface area contributed by atoms with Gasteiger partial charge in [0, 0.05) is 32.9 Å². The zero-order valence-corrected chi connectivity index (χ0v) is 17.0.